The lowest BCUT2D eigenvalue weighted by Gasteiger charge is -2.36. The number of fused-ring (bicyclic) bond motifs is 2. The molecule has 0 spiro atoms. The van der Waals surface area contributed by atoms with Crippen LogP contribution in [0, 0.1) is 12.8 Å². The highest BCUT2D eigenvalue weighted by molar-refractivity contribution is 7.10. The molecule has 28 heavy (non-hydrogen) atoms. The molecule has 1 aliphatic carbocycles. The first kappa shape index (κ1) is 17.6. The minimum absolute atomic E-state index is 0.198. The summed E-state index contributed by atoms with van der Waals surface area (Å²) in [6.45, 7) is 7.28. The Morgan fingerprint density at radius 2 is 2.07 bits per heavy atom. The Morgan fingerprint density at radius 1 is 1.25 bits per heavy atom. The number of thiophene rings is 1. The highest BCUT2D eigenvalue weighted by atomic mass is 32.1. The van der Waals surface area contributed by atoms with Gasteiger partial charge in [-0.15, -0.1) is 11.3 Å². The van der Waals surface area contributed by atoms with Gasteiger partial charge in [-0.1, -0.05) is 6.92 Å². The summed E-state index contributed by atoms with van der Waals surface area (Å²) in [5.41, 5.74) is 3.18. The highest BCUT2D eigenvalue weighted by Crippen LogP contribution is 2.33. The minimum atomic E-state index is 0.198. The third kappa shape index (κ3) is 2.96. The maximum atomic E-state index is 13.2. The monoisotopic (exact) mass is 396 g/mol. The van der Waals surface area contributed by atoms with Crippen LogP contribution in [0.3, 0.4) is 0 Å². The molecule has 1 unspecified atom stereocenters. The van der Waals surface area contributed by atoms with E-state index in [9.17, 15) is 4.79 Å². The van der Waals surface area contributed by atoms with Crippen molar-refractivity contribution in [2.75, 3.05) is 31.1 Å². The Bertz CT molecular complexity index is 1030. The fourth-order valence-corrected chi connectivity index (χ4v) is 5.54. The second-order valence-corrected chi connectivity index (χ2v) is 8.87. The molecular formula is C20H24N6OS. The average molecular weight is 397 g/mol. The van der Waals surface area contributed by atoms with Crippen LogP contribution in [0.5, 0.6) is 0 Å². The van der Waals surface area contributed by atoms with Gasteiger partial charge in [-0.05, 0) is 37.7 Å². The number of nitrogens with zero attached hydrogens (tertiary/aromatic N) is 6. The number of hydrogen-bond acceptors (Lipinski definition) is 6. The Morgan fingerprint density at radius 3 is 2.89 bits per heavy atom. The van der Waals surface area contributed by atoms with Crippen LogP contribution in [0.2, 0.25) is 0 Å². The second-order valence-electron chi connectivity index (χ2n) is 7.91. The summed E-state index contributed by atoms with van der Waals surface area (Å²) in [4.78, 5) is 27.5. The van der Waals surface area contributed by atoms with Gasteiger partial charge in [-0.2, -0.15) is 14.6 Å². The van der Waals surface area contributed by atoms with Crippen molar-refractivity contribution in [3.05, 3.63) is 39.5 Å². The smallest absolute Gasteiger partial charge is 0.255 e. The number of amides is 1. The van der Waals surface area contributed by atoms with Crippen LogP contribution in [-0.4, -0.2) is 56.6 Å². The molecule has 3 aromatic heterocycles. The lowest BCUT2D eigenvalue weighted by molar-refractivity contribution is 0.0745. The molecule has 5 rings (SSSR count). The summed E-state index contributed by atoms with van der Waals surface area (Å²) < 4.78 is 1.78. The number of carbonyl (C=O) groups excluding carboxylic acids is 1. The van der Waals surface area contributed by atoms with E-state index in [4.69, 9.17) is 0 Å². The molecule has 0 bridgehead atoms. The van der Waals surface area contributed by atoms with E-state index in [1.165, 1.54) is 23.2 Å². The van der Waals surface area contributed by atoms with Crippen molar-refractivity contribution in [1.29, 1.82) is 0 Å². The van der Waals surface area contributed by atoms with Gasteiger partial charge in [-0.25, -0.2) is 4.98 Å². The molecular weight excluding hydrogens is 372 g/mol. The van der Waals surface area contributed by atoms with Gasteiger partial charge >= 0.3 is 0 Å². The zero-order chi connectivity index (χ0) is 19.3. The van der Waals surface area contributed by atoms with E-state index in [2.05, 4.69) is 32.3 Å². The number of piperazine rings is 1. The van der Waals surface area contributed by atoms with Gasteiger partial charge in [0.2, 0.25) is 0 Å². The molecule has 1 saturated heterocycles. The molecule has 1 fully saturated rings. The van der Waals surface area contributed by atoms with Gasteiger partial charge in [0.1, 0.15) is 12.1 Å². The first-order chi connectivity index (χ1) is 13.6. The van der Waals surface area contributed by atoms with E-state index in [0.29, 0.717) is 5.78 Å². The average Bonchev–Trinajstić information content (AvgIpc) is 3.33. The van der Waals surface area contributed by atoms with E-state index < -0.39 is 0 Å². The van der Waals surface area contributed by atoms with E-state index in [0.717, 1.165) is 62.0 Å². The summed E-state index contributed by atoms with van der Waals surface area (Å²) in [5.74, 6) is 2.54. The van der Waals surface area contributed by atoms with E-state index >= 15 is 0 Å². The highest BCUT2D eigenvalue weighted by Gasteiger charge is 2.28. The quantitative estimate of drug-likeness (QED) is 0.666. The number of aromatic nitrogens is 4. The van der Waals surface area contributed by atoms with Crippen LogP contribution in [0.25, 0.3) is 5.78 Å². The molecule has 1 atom stereocenters. The summed E-state index contributed by atoms with van der Waals surface area (Å²) >= 11 is 1.77. The first-order valence-corrected chi connectivity index (χ1v) is 10.8. The third-order valence-corrected chi connectivity index (χ3v) is 6.94. The zero-order valence-electron chi connectivity index (χ0n) is 16.3. The number of hydrogen-bond donors (Lipinski definition) is 0. The Hall–Kier alpha value is -2.48. The van der Waals surface area contributed by atoms with Crippen molar-refractivity contribution in [3.63, 3.8) is 0 Å². The molecule has 0 radical (unpaired) electrons. The molecule has 4 heterocycles. The van der Waals surface area contributed by atoms with Crippen LogP contribution in [0.1, 0.15) is 39.8 Å². The van der Waals surface area contributed by atoms with Gasteiger partial charge in [0.15, 0.2) is 0 Å². The van der Waals surface area contributed by atoms with Gasteiger partial charge in [-0.3, -0.25) is 4.79 Å². The molecule has 8 heteroatoms. The fourth-order valence-electron chi connectivity index (χ4n) is 4.30. The van der Waals surface area contributed by atoms with Crippen molar-refractivity contribution in [2.24, 2.45) is 5.92 Å². The minimum Gasteiger partial charge on any atom is -0.353 e. The Kier molecular flexibility index (Phi) is 4.30. The zero-order valence-corrected chi connectivity index (χ0v) is 17.1. The molecule has 7 nitrogen and oxygen atoms in total. The fraction of sp³-hybridized carbons (Fsp3) is 0.500. The first-order valence-electron chi connectivity index (χ1n) is 9.91. The van der Waals surface area contributed by atoms with Crippen LogP contribution in [-0.2, 0) is 12.8 Å². The topological polar surface area (TPSA) is 66.6 Å². The number of rotatable bonds is 2. The van der Waals surface area contributed by atoms with Gasteiger partial charge < -0.3 is 9.80 Å². The van der Waals surface area contributed by atoms with E-state index in [1.54, 1.807) is 15.9 Å². The van der Waals surface area contributed by atoms with Gasteiger partial charge in [0.25, 0.3) is 11.7 Å². The predicted molar refractivity (Wildman–Crippen MR) is 109 cm³/mol. The number of aryl methyl sites for hydroxylation is 1. The molecule has 1 aliphatic heterocycles. The van der Waals surface area contributed by atoms with E-state index in [-0.39, 0.29) is 5.91 Å². The largest absolute Gasteiger partial charge is 0.353 e. The van der Waals surface area contributed by atoms with Crippen LogP contribution < -0.4 is 4.90 Å². The number of carbonyl (C=O) groups is 1. The third-order valence-electron chi connectivity index (χ3n) is 5.88. The molecule has 3 aromatic rings. The van der Waals surface area contributed by atoms with Crippen molar-refractivity contribution in [3.8, 4) is 0 Å². The molecule has 146 valence electrons. The molecule has 0 saturated carbocycles. The van der Waals surface area contributed by atoms with Crippen LogP contribution >= 0.6 is 11.3 Å². The van der Waals surface area contributed by atoms with E-state index in [1.807, 2.05) is 17.9 Å². The molecule has 2 aliphatic rings. The Balaban J connectivity index is 1.32. The maximum Gasteiger partial charge on any atom is 0.255 e. The lowest BCUT2D eigenvalue weighted by atomic mass is 9.88. The van der Waals surface area contributed by atoms with Crippen molar-refractivity contribution >= 4 is 28.8 Å². The van der Waals surface area contributed by atoms with Crippen molar-refractivity contribution < 1.29 is 4.79 Å². The van der Waals surface area contributed by atoms with Gasteiger partial charge in [0, 0.05) is 48.2 Å². The lowest BCUT2D eigenvalue weighted by Crippen LogP contribution is -2.49. The second kappa shape index (κ2) is 6.84. The van der Waals surface area contributed by atoms with Gasteiger partial charge in [0.05, 0.1) is 5.56 Å². The normalized spacial score (nSPS) is 19.9. The molecule has 1 amide bonds. The molecule has 0 aromatic carbocycles. The van der Waals surface area contributed by atoms with Crippen LogP contribution in [0.4, 0.5) is 5.82 Å². The predicted octanol–water partition coefficient (Wildman–Crippen LogP) is 2.58. The molecule has 0 N–H and O–H groups in total. The summed E-state index contributed by atoms with van der Waals surface area (Å²) in [7, 11) is 0. The number of anilines is 1. The van der Waals surface area contributed by atoms with Crippen LogP contribution in [0.15, 0.2) is 17.8 Å². The summed E-state index contributed by atoms with van der Waals surface area (Å²) in [5, 5.41) is 6.39. The van der Waals surface area contributed by atoms with Crippen molar-refractivity contribution in [1.82, 2.24) is 24.5 Å². The SMILES string of the molecule is Cc1cc(N2CCN(C(=O)c3csc4c3CCC(C)C4)CC2)n2ncnc2n1. The standard InChI is InChI=1S/C20H24N6OS/c1-13-3-4-15-16(11-28-17(15)9-13)19(27)25-7-5-24(6-8-25)18-10-14(2)23-20-21-12-22-26(18)20/h10-13H,3-9H2,1-2H3. The Labute approximate surface area is 168 Å². The maximum absolute atomic E-state index is 13.2. The van der Waals surface area contributed by atoms with Crippen molar-refractivity contribution in [2.45, 2.75) is 33.1 Å². The summed E-state index contributed by atoms with van der Waals surface area (Å²) in [6.07, 6.45) is 4.89. The summed E-state index contributed by atoms with van der Waals surface area (Å²) in [6, 6.07) is 2.04.